The molecule has 0 amide bonds. The first-order valence-electron chi connectivity index (χ1n) is 7.56. The van der Waals surface area contributed by atoms with Gasteiger partial charge in [0.2, 0.25) is 0 Å². The zero-order chi connectivity index (χ0) is 11.7. The molecule has 2 bridgehead atoms. The Bertz CT molecular complexity index is 248. The van der Waals surface area contributed by atoms with E-state index in [1.54, 1.807) is 0 Å². The SMILES string of the molecule is CCCN1CCN(CC2CC3CCC2N3)CC1. The zero-order valence-electron chi connectivity index (χ0n) is 11.2. The summed E-state index contributed by atoms with van der Waals surface area (Å²) in [5.41, 5.74) is 0. The predicted molar refractivity (Wildman–Crippen MR) is 71.2 cm³/mol. The predicted octanol–water partition coefficient (Wildman–Crippen LogP) is 1.15. The molecule has 1 N–H and O–H groups in total. The van der Waals surface area contributed by atoms with Crippen LogP contribution in [0.2, 0.25) is 0 Å². The monoisotopic (exact) mass is 237 g/mol. The third-order valence-electron chi connectivity index (χ3n) is 4.93. The number of piperazine rings is 1. The van der Waals surface area contributed by atoms with Gasteiger partial charge in [-0.25, -0.2) is 0 Å². The molecule has 3 atom stereocenters. The molecule has 3 aliphatic rings. The first-order valence-corrected chi connectivity index (χ1v) is 7.56. The van der Waals surface area contributed by atoms with E-state index in [0.29, 0.717) is 0 Å². The van der Waals surface area contributed by atoms with Crippen molar-refractivity contribution in [2.45, 2.75) is 44.7 Å². The van der Waals surface area contributed by atoms with Crippen LogP contribution in [0.5, 0.6) is 0 Å². The molecule has 0 spiro atoms. The number of fused-ring (bicyclic) bond motifs is 2. The van der Waals surface area contributed by atoms with Gasteiger partial charge in [0.15, 0.2) is 0 Å². The van der Waals surface area contributed by atoms with Crippen LogP contribution in [0.25, 0.3) is 0 Å². The maximum atomic E-state index is 3.76. The number of hydrogen-bond acceptors (Lipinski definition) is 3. The summed E-state index contributed by atoms with van der Waals surface area (Å²) in [4.78, 5) is 5.33. The molecule has 3 heteroatoms. The van der Waals surface area contributed by atoms with E-state index in [0.717, 1.165) is 18.0 Å². The maximum absolute atomic E-state index is 3.76. The summed E-state index contributed by atoms with van der Waals surface area (Å²) >= 11 is 0. The van der Waals surface area contributed by atoms with E-state index in [-0.39, 0.29) is 0 Å². The van der Waals surface area contributed by atoms with Gasteiger partial charge in [-0.3, -0.25) is 0 Å². The standard InChI is InChI=1S/C14H27N3/c1-2-5-16-6-8-17(9-7-16)11-12-10-13-3-4-14(12)15-13/h12-15H,2-11H2,1H3. The highest BCUT2D eigenvalue weighted by Gasteiger charge is 2.39. The average Bonchev–Trinajstić information content (AvgIpc) is 2.94. The highest BCUT2D eigenvalue weighted by atomic mass is 15.3. The van der Waals surface area contributed by atoms with Crippen LogP contribution >= 0.6 is 0 Å². The first-order chi connectivity index (χ1) is 8.35. The minimum Gasteiger partial charge on any atom is -0.311 e. The van der Waals surface area contributed by atoms with Gasteiger partial charge >= 0.3 is 0 Å². The van der Waals surface area contributed by atoms with E-state index in [1.807, 2.05) is 0 Å². The van der Waals surface area contributed by atoms with Gasteiger partial charge in [-0.15, -0.1) is 0 Å². The van der Waals surface area contributed by atoms with Crippen LogP contribution in [0, 0.1) is 5.92 Å². The molecule has 0 aromatic rings. The van der Waals surface area contributed by atoms with E-state index in [4.69, 9.17) is 0 Å². The Hall–Kier alpha value is -0.120. The molecular formula is C14H27N3. The summed E-state index contributed by atoms with van der Waals surface area (Å²) in [5, 5.41) is 3.76. The number of rotatable bonds is 4. The molecule has 3 rings (SSSR count). The lowest BCUT2D eigenvalue weighted by Gasteiger charge is -2.37. The average molecular weight is 237 g/mol. The molecule has 3 fully saturated rings. The van der Waals surface area contributed by atoms with Crippen molar-refractivity contribution in [1.82, 2.24) is 15.1 Å². The number of nitrogens with zero attached hydrogens (tertiary/aromatic N) is 2. The lowest BCUT2D eigenvalue weighted by atomic mass is 9.88. The zero-order valence-corrected chi connectivity index (χ0v) is 11.2. The van der Waals surface area contributed by atoms with Crippen molar-refractivity contribution < 1.29 is 0 Å². The van der Waals surface area contributed by atoms with Crippen LogP contribution in [0.4, 0.5) is 0 Å². The topological polar surface area (TPSA) is 18.5 Å². The van der Waals surface area contributed by atoms with E-state index in [1.165, 1.54) is 65.0 Å². The van der Waals surface area contributed by atoms with Crippen LogP contribution in [-0.2, 0) is 0 Å². The second-order valence-electron chi connectivity index (χ2n) is 6.19. The van der Waals surface area contributed by atoms with E-state index >= 15 is 0 Å². The van der Waals surface area contributed by atoms with Crippen molar-refractivity contribution in [2.24, 2.45) is 5.92 Å². The van der Waals surface area contributed by atoms with Crippen LogP contribution < -0.4 is 5.32 Å². The Labute approximate surface area is 106 Å². The molecule has 3 saturated heterocycles. The highest BCUT2D eigenvalue weighted by molar-refractivity contribution is 4.98. The lowest BCUT2D eigenvalue weighted by Crippen LogP contribution is -2.48. The maximum Gasteiger partial charge on any atom is 0.0111 e. The molecular weight excluding hydrogens is 210 g/mol. The fourth-order valence-electron chi connectivity index (χ4n) is 3.98. The van der Waals surface area contributed by atoms with Crippen LogP contribution in [0.15, 0.2) is 0 Å². The number of nitrogens with one attached hydrogen (secondary N) is 1. The van der Waals surface area contributed by atoms with Gasteiger partial charge in [0.25, 0.3) is 0 Å². The Morgan fingerprint density at radius 3 is 2.41 bits per heavy atom. The lowest BCUT2D eigenvalue weighted by molar-refractivity contribution is 0.113. The molecule has 3 heterocycles. The van der Waals surface area contributed by atoms with Crippen molar-refractivity contribution in [1.29, 1.82) is 0 Å². The number of hydrogen-bond donors (Lipinski definition) is 1. The van der Waals surface area contributed by atoms with Gasteiger partial charge in [-0.2, -0.15) is 0 Å². The Morgan fingerprint density at radius 2 is 1.82 bits per heavy atom. The Balaban J connectivity index is 1.42. The second-order valence-corrected chi connectivity index (χ2v) is 6.19. The van der Waals surface area contributed by atoms with Gasteiger partial charge in [-0.05, 0) is 38.1 Å². The third kappa shape index (κ3) is 2.67. The van der Waals surface area contributed by atoms with Gasteiger partial charge in [0, 0.05) is 44.8 Å². The normalized spacial score (nSPS) is 39.0. The van der Waals surface area contributed by atoms with E-state index < -0.39 is 0 Å². The molecule has 3 nitrogen and oxygen atoms in total. The molecule has 0 radical (unpaired) electrons. The molecule has 17 heavy (non-hydrogen) atoms. The van der Waals surface area contributed by atoms with Crippen LogP contribution in [0.3, 0.4) is 0 Å². The fraction of sp³-hybridized carbons (Fsp3) is 1.00. The van der Waals surface area contributed by atoms with E-state index in [9.17, 15) is 0 Å². The van der Waals surface area contributed by atoms with Crippen molar-refractivity contribution in [3.63, 3.8) is 0 Å². The molecule has 0 aliphatic carbocycles. The molecule has 0 saturated carbocycles. The summed E-state index contributed by atoms with van der Waals surface area (Å²) in [7, 11) is 0. The molecule has 3 aliphatic heterocycles. The second kappa shape index (κ2) is 5.25. The van der Waals surface area contributed by atoms with Crippen molar-refractivity contribution in [3.8, 4) is 0 Å². The molecule has 0 aromatic carbocycles. The summed E-state index contributed by atoms with van der Waals surface area (Å²) < 4.78 is 0. The van der Waals surface area contributed by atoms with Crippen molar-refractivity contribution >= 4 is 0 Å². The Kier molecular flexibility index (Phi) is 3.69. The van der Waals surface area contributed by atoms with Crippen molar-refractivity contribution in [3.05, 3.63) is 0 Å². The largest absolute Gasteiger partial charge is 0.311 e. The van der Waals surface area contributed by atoms with Gasteiger partial charge in [0.05, 0.1) is 0 Å². The van der Waals surface area contributed by atoms with Crippen LogP contribution in [-0.4, -0.2) is 61.2 Å². The van der Waals surface area contributed by atoms with E-state index in [2.05, 4.69) is 22.0 Å². The summed E-state index contributed by atoms with van der Waals surface area (Å²) in [6.07, 6.45) is 5.62. The highest BCUT2D eigenvalue weighted by Crippen LogP contribution is 2.33. The smallest absolute Gasteiger partial charge is 0.0111 e. The minimum absolute atomic E-state index is 0.855. The molecule has 3 unspecified atom stereocenters. The van der Waals surface area contributed by atoms with Gasteiger partial charge in [-0.1, -0.05) is 6.92 Å². The minimum atomic E-state index is 0.855. The van der Waals surface area contributed by atoms with Gasteiger partial charge in [0.1, 0.15) is 0 Å². The summed E-state index contributed by atoms with van der Waals surface area (Å²) in [5.74, 6) is 0.950. The summed E-state index contributed by atoms with van der Waals surface area (Å²) in [6.45, 7) is 10.1. The quantitative estimate of drug-likeness (QED) is 0.791. The van der Waals surface area contributed by atoms with Gasteiger partial charge < -0.3 is 15.1 Å². The first kappa shape index (κ1) is 11.9. The molecule has 98 valence electrons. The van der Waals surface area contributed by atoms with Crippen LogP contribution in [0.1, 0.15) is 32.6 Å². The van der Waals surface area contributed by atoms with Crippen molar-refractivity contribution in [2.75, 3.05) is 39.3 Å². The Morgan fingerprint density at radius 1 is 1.06 bits per heavy atom. The third-order valence-corrected chi connectivity index (χ3v) is 4.93. The molecule has 0 aromatic heterocycles. The fourth-order valence-corrected chi connectivity index (χ4v) is 3.98. The summed E-state index contributed by atoms with van der Waals surface area (Å²) in [6, 6.07) is 1.72.